The molecule has 0 radical (unpaired) electrons. The molecule has 1 heterocycles. The van der Waals surface area contributed by atoms with Gasteiger partial charge in [0.05, 0.1) is 16.8 Å². The van der Waals surface area contributed by atoms with E-state index in [1.165, 1.54) is 0 Å². The van der Waals surface area contributed by atoms with Crippen LogP contribution in [0.3, 0.4) is 0 Å². The number of fused-ring (bicyclic) bond motifs is 1. The van der Waals surface area contributed by atoms with Crippen LogP contribution in [0.5, 0.6) is 0 Å². The van der Waals surface area contributed by atoms with Gasteiger partial charge in [0.25, 0.3) is 5.91 Å². The van der Waals surface area contributed by atoms with Gasteiger partial charge in [-0.3, -0.25) is 4.79 Å². The zero-order valence-corrected chi connectivity index (χ0v) is 19.1. The highest BCUT2D eigenvalue weighted by molar-refractivity contribution is 9.10. The van der Waals surface area contributed by atoms with Gasteiger partial charge in [-0.2, -0.15) is 0 Å². The van der Waals surface area contributed by atoms with Crippen LogP contribution in [-0.4, -0.2) is 23.5 Å². The molecule has 0 aliphatic rings. The zero-order valence-electron chi connectivity index (χ0n) is 17.5. The lowest BCUT2D eigenvalue weighted by Gasteiger charge is -2.12. The number of anilines is 1. The number of aryl methyl sites for hydroxylation is 1. The fourth-order valence-corrected chi connectivity index (χ4v) is 3.72. The number of esters is 1. The lowest BCUT2D eigenvalue weighted by molar-refractivity contribution is -0.119. The Morgan fingerprint density at radius 3 is 2.47 bits per heavy atom. The summed E-state index contributed by atoms with van der Waals surface area (Å²) in [4.78, 5) is 30.0. The molecule has 6 heteroatoms. The molecule has 0 bridgehead atoms. The topological polar surface area (TPSA) is 68.3 Å². The van der Waals surface area contributed by atoms with Crippen molar-refractivity contribution in [2.75, 3.05) is 11.9 Å². The van der Waals surface area contributed by atoms with E-state index in [1.807, 2.05) is 79.7 Å². The van der Waals surface area contributed by atoms with Gasteiger partial charge in [-0.25, -0.2) is 9.78 Å². The van der Waals surface area contributed by atoms with Gasteiger partial charge >= 0.3 is 5.97 Å². The molecule has 1 N–H and O–H groups in total. The SMILES string of the molecule is CCc1ccccc1NC(=O)COC(=O)c1cc(-c2ccc(Br)cc2)nc2ccccc12. The van der Waals surface area contributed by atoms with Crippen molar-refractivity contribution in [2.24, 2.45) is 0 Å². The van der Waals surface area contributed by atoms with Crippen LogP contribution < -0.4 is 5.32 Å². The number of hydrogen-bond acceptors (Lipinski definition) is 4. The lowest BCUT2D eigenvalue weighted by atomic mass is 10.0. The number of hydrogen-bond donors (Lipinski definition) is 1. The van der Waals surface area contributed by atoms with Crippen LogP contribution in [0.4, 0.5) is 5.69 Å². The first-order valence-corrected chi connectivity index (χ1v) is 11.0. The van der Waals surface area contributed by atoms with Crippen LogP contribution in [-0.2, 0) is 16.0 Å². The van der Waals surface area contributed by atoms with E-state index in [1.54, 1.807) is 6.07 Å². The fourth-order valence-electron chi connectivity index (χ4n) is 3.46. The van der Waals surface area contributed by atoms with Crippen molar-refractivity contribution in [3.63, 3.8) is 0 Å². The number of carbonyl (C=O) groups is 2. The van der Waals surface area contributed by atoms with Gasteiger partial charge in [0.1, 0.15) is 0 Å². The Morgan fingerprint density at radius 1 is 0.969 bits per heavy atom. The van der Waals surface area contributed by atoms with Crippen LogP contribution >= 0.6 is 15.9 Å². The summed E-state index contributed by atoms with van der Waals surface area (Å²) in [5, 5.41) is 3.49. The van der Waals surface area contributed by atoms with Gasteiger partial charge in [-0.15, -0.1) is 0 Å². The van der Waals surface area contributed by atoms with Crippen molar-refractivity contribution in [3.05, 3.63) is 94.5 Å². The number of para-hydroxylation sites is 2. The third kappa shape index (κ3) is 4.86. The van der Waals surface area contributed by atoms with Crippen LogP contribution in [0.2, 0.25) is 0 Å². The molecule has 0 atom stereocenters. The molecule has 1 aromatic heterocycles. The number of ether oxygens (including phenoxy) is 1. The maximum atomic E-state index is 12.9. The molecule has 0 spiro atoms. The number of halogens is 1. The summed E-state index contributed by atoms with van der Waals surface area (Å²) in [6.07, 6.45) is 0.790. The molecule has 0 aliphatic heterocycles. The summed E-state index contributed by atoms with van der Waals surface area (Å²) in [6, 6.07) is 24.3. The maximum Gasteiger partial charge on any atom is 0.339 e. The Bertz CT molecular complexity index is 1290. The minimum absolute atomic E-state index is 0.371. The van der Waals surface area contributed by atoms with Gasteiger partial charge < -0.3 is 10.1 Å². The average Bonchev–Trinajstić information content (AvgIpc) is 2.82. The van der Waals surface area contributed by atoms with E-state index >= 15 is 0 Å². The standard InChI is InChI=1S/C26H21BrN2O3/c1-2-17-7-3-5-9-22(17)29-25(30)16-32-26(31)21-15-24(18-11-13-19(27)14-12-18)28-23-10-6-4-8-20(21)23/h3-15H,2,16H2,1H3,(H,29,30). The Balaban J connectivity index is 1.56. The summed E-state index contributed by atoms with van der Waals surface area (Å²) in [5.41, 5.74) is 4.33. The number of nitrogens with zero attached hydrogens (tertiary/aromatic N) is 1. The lowest BCUT2D eigenvalue weighted by Crippen LogP contribution is -2.21. The molecular formula is C26H21BrN2O3. The Hall–Kier alpha value is -3.51. The van der Waals surface area contributed by atoms with E-state index < -0.39 is 5.97 Å². The van der Waals surface area contributed by atoms with Gasteiger partial charge in [0, 0.05) is 21.1 Å². The molecular weight excluding hydrogens is 468 g/mol. The summed E-state index contributed by atoms with van der Waals surface area (Å²) in [6.45, 7) is 1.64. The summed E-state index contributed by atoms with van der Waals surface area (Å²) in [5.74, 6) is -0.952. The van der Waals surface area contributed by atoms with E-state index in [0.717, 1.165) is 27.7 Å². The van der Waals surface area contributed by atoms with Crippen molar-refractivity contribution in [1.29, 1.82) is 0 Å². The first-order chi connectivity index (χ1) is 15.5. The van der Waals surface area contributed by atoms with Crippen molar-refractivity contribution >= 4 is 44.4 Å². The van der Waals surface area contributed by atoms with E-state index in [0.29, 0.717) is 22.2 Å². The van der Waals surface area contributed by atoms with E-state index in [-0.39, 0.29) is 12.5 Å². The summed E-state index contributed by atoms with van der Waals surface area (Å²) < 4.78 is 6.32. The predicted molar refractivity (Wildman–Crippen MR) is 130 cm³/mol. The maximum absolute atomic E-state index is 12.9. The number of rotatable bonds is 6. The van der Waals surface area contributed by atoms with E-state index in [2.05, 4.69) is 26.2 Å². The monoisotopic (exact) mass is 488 g/mol. The largest absolute Gasteiger partial charge is 0.452 e. The normalized spacial score (nSPS) is 10.7. The van der Waals surface area contributed by atoms with E-state index in [4.69, 9.17) is 4.74 Å². The van der Waals surface area contributed by atoms with Crippen molar-refractivity contribution < 1.29 is 14.3 Å². The number of pyridine rings is 1. The van der Waals surface area contributed by atoms with Crippen LogP contribution in [0, 0.1) is 0 Å². The highest BCUT2D eigenvalue weighted by atomic mass is 79.9. The van der Waals surface area contributed by atoms with Crippen molar-refractivity contribution in [2.45, 2.75) is 13.3 Å². The smallest absolute Gasteiger partial charge is 0.339 e. The number of benzene rings is 3. The molecule has 32 heavy (non-hydrogen) atoms. The predicted octanol–water partition coefficient (Wildman–Crippen LogP) is 6.02. The van der Waals surface area contributed by atoms with Crippen molar-refractivity contribution in [3.8, 4) is 11.3 Å². The minimum atomic E-state index is -0.569. The average molecular weight is 489 g/mol. The third-order valence-corrected chi connectivity index (χ3v) is 5.61. The molecule has 0 fully saturated rings. The summed E-state index contributed by atoms with van der Waals surface area (Å²) in [7, 11) is 0. The van der Waals surface area contributed by atoms with Gasteiger partial charge in [-0.1, -0.05) is 71.4 Å². The fraction of sp³-hybridized carbons (Fsp3) is 0.115. The van der Waals surface area contributed by atoms with Crippen LogP contribution in [0.25, 0.3) is 22.2 Å². The first kappa shape index (κ1) is 21.7. The Morgan fingerprint density at radius 2 is 1.69 bits per heavy atom. The number of amides is 1. The molecule has 0 aliphatic carbocycles. The molecule has 0 unspecified atom stereocenters. The van der Waals surface area contributed by atoms with Crippen LogP contribution in [0.15, 0.2) is 83.3 Å². The molecule has 1 amide bonds. The summed E-state index contributed by atoms with van der Waals surface area (Å²) >= 11 is 3.43. The number of aromatic nitrogens is 1. The molecule has 5 nitrogen and oxygen atoms in total. The second-order valence-electron chi connectivity index (χ2n) is 7.21. The van der Waals surface area contributed by atoms with Crippen molar-refractivity contribution in [1.82, 2.24) is 4.98 Å². The Kier molecular flexibility index (Phi) is 6.61. The molecule has 4 rings (SSSR count). The first-order valence-electron chi connectivity index (χ1n) is 10.3. The third-order valence-electron chi connectivity index (χ3n) is 5.08. The minimum Gasteiger partial charge on any atom is -0.452 e. The van der Waals surface area contributed by atoms with Gasteiger partial charge in [0.2, 0.25) is 0 Å². The molecule has 0 saturated heterocycles. The second kappa shape index (κ2) is 9.75. The second-order valence-corrected chi connectivity index (χ2v) is 8.13. The highest BCUT2D eigenvalue weighted by Gasteiger charge is 2.17. The molecule has 0 saturated carbocycles. The quantitative estimate of drug-likeness (QED) is 0.336. The Labute approximate surface area is 194 Å². The molecule has 160 valence electrons. The molecule has 4 aromatic rings. The molecule has 3 aromatic carbocycles. The van der Waals surface area contributed by atoms with E-state index in [9.17, 15) is 9.59 Å². The van der Waals surface area contributed by atoms with Gasteiger partial charge in [-0.05, 0) is 42.3 Å². The highest BCUT2D eigenvalue weighted by Crippen LogP contribution is 2.26. The van der Waals surface area contributed by atoms with Gasteiger partial charge in [0.15, 0.2) is 6.61 Å². The number of carbonyl (C=O) groups excluding carboxylic acids is 2. The zero-order chi connectivity index (χ0) is 22.5. The van der Waals surface area contributed by atoms with Crippen LogP contribution in [0.1, 0.15) is 22.8 Å². The number of nitrogens with one attached hydrogen (secondary N) is 1.